The lowest BCUT2D eigenvalue weighted by atomic mass is 9.81. The molecule has 2 aliphatic heterocycles. The van der Waals surface area contributed by atoms with E-state index in [1.807, 2.05) is 0 Å². The molecule has 1 amide bonds. The first-order valence-corrected chi connectivity index (χ1v) is 18.1. The highest BCUT2D eigenvalue weighted by molar-refractivity contribution is 7.16. The summed E-state index contributed by atoms with van der Waals surface area (Å²) in [6.07, 6.45) is 9.05. The molecule has 14 heteroatoms. The number of amides is 1. The molecule has 49 heavy (non-hydrogen) atoms. The lowest BCUT2D eigenvalue weighted by Gasteiger charge is -2.34. The van der Waals surface area contributed by atoms with Gasteiger partial charge in [0.25, 0.3) is 5.91 Å². The molecule has 13 nitrogen and oxygen atoms in total. The Labute approximate surface area is 290 Å². The van der Waals surface area contributed by atoms with Gasteiger partial charge >= 0.3 is 0 Å². The number of aromatic nitrogens is 5. The number of thiophene rings is 1. The van der Waals surface area contributed by atoms with E-state index in [-0.39, 0.29) is 30.0 Å². The molecular weight excluding hydrogens is 643 g/mol. The molecule has 2 saturated heterocycles. The van der Waals surface area contributed by atoms with Gasteiger partial charge in [-0.05, 0) is 77.1 Å². The van der Waals surface area contributed by atoms with Gasteiger partial charge in [-0.3, -0.25) is 9.69 Å². The minimum absolute atomic E-state index is 0.0384. The van der Waals surface area contributed by atoms with E-state index in [2.05, 4.69) is 42.1 Å². The van der Waals surface area contributed by atoms with Crippen molar-refractivity contribution in [3.05, 3.63) is 51.4 Å². The third kappa shape index (κ3) is 6.31. The van der Waals surface area contributed by atoms with Crippen molar-refractivity contribution in [3.63, 3.8) is 0 Å². The second-order valence-electron chi connectivity index (χ2n) is 13.4. The zero-order valence-electron chi connectivity index (χ0n) is 28.5. The van der Waals surface area contributed by atoms with Gasteiger partial charge in [0.2, 0.25) is 5.88 Å². The zero-order valence-corrected chi connectivity index (χ0v) is 29.3. The number of nitrogen functional groups attached to an aromatic ring is 1. The molecule has 0 spiro atoms. The number of fused-ring (bicyclic) bond motifs is 1. The molecule has 1 aliphatic carbocycles. The molecule has 0 radical (unpaired) electrons. The minimum atomic E-state index is -0.184. The molecule has 7 rings (SSSR count). The smallest absolute Gasteiger partial charge is 0.274 e. The normalized spacial score (nSPS) is 20.1. The van der Waals surface area contributed by atoms with Crippen LogP contribution in [0.4, 0.5) is 5.00 Å². The number of nitrogens with two attached hydrogens (primary N) is 1. The Morgan fingerprint density at radius 1 is 1.29 bits per heavy atom. The lowest BCUT2D eigenvalue weighted by molar-refractivity contribution is -0.0469. The number of hydrogen-bond donors (Lipinski definition) is 1. The molecule has 258 valence electrons. The molecule has 0 aromatic carbocycles. The van der Waals surface area contributed by atoms with Gasteiger partial charge in [0.15, 0.2) is 23.0 Å². The first-order valence-electron chi connectivity index (χ1n) is 17.2. The van der Waals surface area contributed by atoms with Crippen LogP contribution in [0.15, 0.2) is 22.9 Å². The van der Waals surface area contributed by atoms with E-state index in [9.17, 15) is 10.1 Å². The highest BCUT2D eigenvalue weighted by Crippen LogP contribution is 2.47. The number of likely N-dealkylation sites (N-methyl/N-ethyl adjacent to an activating group) is 2. The minimum Gasteiger partial charge on any atom is -0.473 e. The Bertz CT molecular complexity index is 1870. The van der Waals surface area contributed by atoms with Gasteiger partial charge in [0.1, 0.15) is 22.9 Å². The van der Waals surface area contributed by atoms with Crippen molar-refractivity contribution >= 4 is 22.2 Å². The Morgan fingerprint density at radius 3 is 2.84 bits per heavy atom. The quantitative estimate of drug-likeness (QED) is 0.227. The lowest BCUT2D eigenvalue weighted by Crippen LogP contribution is -2.49. The monoisotopic (exact) mass is 685 g/mol. The summed E-state index contributed by atoms with van der Waals surface area (Å²) in [6, 6.07) is 6.09. The molecule has 0 unspecified atom stereocenters. The van der Waals surface area contributed by atoms with Crippen LogP contribution >= 0.6 is 11.3 Å². The molecule has 3 aliphatic rings. The predicted molar refractivity (Wildman–Crippen MR) is 184 cm³/mol. The summed E-state index contributed by atoms with van der Waals surface area (Å²) in [4.78, 5) is 28.2. The molecule has 3 atom stereocenters. The fourth-order valence-corrected chi connectivity index (χ4v) is 8.40. The molecule has 0 bridgehead atoms. The van der Waals surface area contributed by atoms with Crippen LogP contribution < -0.4 is 10.5 Å². The highest BCUT2D eigenvalue weighted by atomic mass is 32.1. The van der Waals surface area contributed by atoms with Crippen molar-refractivity contribution in [1.82, 2.24) is 34.7 Å². The summed E-state index contributed by atoms with van der Waals surface area (Å²) in [5, 5.41) is 19.8. The average molecular weight is 686 g/mol. The third-order valence-electron chi connectivity index (χ3n) is 10.2. The van der Waals surface area contributed by atoms with Gasteiger partial charge in [-0.2, -0.15) is 15.3 Å². The van der Waals surface area contributed by atoms with Crippen LogP contribution in [0.3, 0.4) is 0 Å². The van der Waals surface area contributed by atoms with Gasteiger partial charge in [0, 0.05) is 41.7 Å². The van der Waals surface area contributed by atoms with E-state index in [0.29, 0.717) is 59.1 Å². The maximum absolute atomic E-state index is 13.2. The van der Waals surface area contributed by atoms with Gasteiger partial charge in [-0.1, -0.05) is 18.5 Å². The van der Waals surface area contributed by atoms with Crippen molar-refractivity contribution in [2.75, 3.05) is 39.6 Å². The summed E-state index contributed by atoms with van der Waals surface area (Å²) in [7, 11) is 3.89. The van der Waals surface area contributed by atoms with Crippen LogP contribution in [0.25, 0.3) is 17.3 Å². The molecular formula is C35H43N9O4S. The van der Waals surface area contributed by atoms with E-state index in [4.69, 9.17) is 29.7 Å². The molecule has 2 fully saturated rings. The molecule has 4 aromatic heterocycles. The Hall–Kier alpha value is -4.32. The van der Waals surface area contributed by atoms with Crippen LogP contribution in [0.5, 0.6) is 5.88 Å². The van der Waals surface area contributed by atoms with Gasteiger partial charge in [-0.15, -0.1) is 11.3 Å². The number of nitriles is 1. The second kappa shape index (κ2) is 13.9. The fourth-order valence-electron chi connectivity index (χ4n) is 7.27. The summed E-state index contributed by atoms with van der Waals surface area (Å²) in [5.74, 6) is 1.62. The topological polar surface area (TPSA) is 161 Å². The third-order valence-corrected chi connectivity index (χ3v) is 11.3. The predicted octanol–water partition coefficient (Wildman–Crippen LogP) is 4.98. The van der Waals surface area contributed by atoms with Crippen LogP contribution in [-0.4, -0.2) is 92.7 Å². The van der Waals surface area contributed by atoms with E-state index in [1.165, 1.54) is 11.3 Å². The number of carbonyl (C=O) groups excluding carboxylic acids is 1. The van der Waals surface area contributed by atoms with Crippen molar-refractivity contribution in [1.29, 1.82) is 5.26 Å². The zero-order chi connectivity index (χ0) is 34.2. The molecule has 2 N–H and O–H groups in total. The summed E-state index contributed by atoms with van der Waals surface area (Å²) >= 11 is 1.50. The Balaban J connectivity index is 1.30. The average Bonchev–Trinajstić information content (AvgIpc) is 3.87. The summed E-state index contributed by atoms with van der Waals surface area (Å²) in [6.45, 7) is 6.29. The molecule has 6 heterocycles. The number of aryl methyl sites for hydroxylation is 1. The summed E-state index contributed by atoms with van der Waals surface area (Å²) < 4.78 is 19.6. The van der Waals surface area contributed by atoms with Gasteiger partial charge < -0.3 is 24.6 Å². The standard InChI is InChI=1S/C35H43N9O4S/c1-5-6-9-23-31(41-48-32(23)22-10-7-12-27-30(22)24(17-36)33(37)49-27)34-38-28(16-29(39-34)47-20(2)26-11-8-14-42(26)3)44-15-13-25(40-44)35(45)43(4)21-18-46-19-21/h13,15-16,20-22,26H,5-12,14,18-19,37H2,1-4H3/t20-,22-,26-/m0/s1. The van der Waals surface area contributed by atoms with Crippen molar-refractivity contribution in [2.24, 2.45) is 0 Å². The number of nitrogens with zero attached hydrogens (tertiary/aromatic N) is 8. The molecule has 0 saturated carbocycles. The Morgan fingerprint density at radius 2 is 2.12 bits per heavy atom. The van der Waals surface area contributed by atoms with E-state index < -0.39 is 0 Å². The Kier molecular flexibility index (Phi) is 9.41. The SMILES string of the molecule is CCCCc1c(-c2nc(O[C@@H](C)[C@@H]3CCCN3C)cc(-n3ccc(C(=O)N(C)C4COC4)n3)n2)noc1[C@H]1CCCc2sc(N)c(C#N)c21. The van der Waals surface area contributed by atoms with Gasteiger partial charge in [-0.25, -0.2) is 9.67 Å². The first-order chi connectivity index (χ1) is 23.8. The number of rotatable bonds is 11. The first kappa shape index (κ1) is 33.2. The van der Waals surface area contributed by atoms with Crippen LogP contribution in [-0.2, 0) is 17.6 Å². The van der Waals surface area contributed by atoms with Crippen molar-refractivity contribution in [2.45, 2.75) is 89.3 Å². The number of carbonyl (C=O) groups is 1. The van der Waals surface area contributed by atoms with Crippen molar-refractivity contribution < 1.29 is 18.8 Å². The maximum Gasteiger partial charge on any atom is 0.274 e. The number of unbranched alkanes of at least 4 members (excludes halogenated alkanes) is 1. The van der Waals surface area contributed by atoms with Crippen LogP contribution in [0.1, 0.15) is 96.1 Å². The number of ether oxygens (including phenoxy) is 2. The van der Waals surface area contributed by atoms with Crippen LogP contribution in [0.2, 0.25) is 0 Å². The maximum atomic E-state index is 13.2. The number of hydrogen-bond acceptors (Lipinski definition) is 12. The van der Waals surface area contributed by atoms with E-state index >= 15 is 0 Å². The van der Waals surface area contributed by atoms with E-state index in [0.717, 1.165) is 73.3 Å². The van der Waals surface area contributed by atoms with E-state index in [1.54, 1.807) is 35.0 Å². The molecule has 4 aromatic rings. The van der Waals surface area contributed by atoms with Gasteiger partial charge in [0.05, 0.1) is 24.8 Å². The second-order valence-corrected chi connectivity index (χ2v) is 14.5. The number of anilines is 1. The largest absolute Gasteiger partial charge is 0.473 e. The summed E-state index contributed by atoms with van der Waals surface area (Å²) in [5.41, 5.74) is 9.60. The number of likely N-dealkylation sites (tertiary alicyclic amines) is 1. The highest BCUT2D eigenvalue weighted by Gasteiger charge is 2.35. The van der Waals surface area contributed by atoms with Crippen molar-refractivity contribution in [3.8, 4) is 29.3 Å². The fraction of sp³-hybridized carbons (Fsp3) is 0.543. The van der Waals surface area contributed by atoms with Crippen LogP contribution in [0, 0.1) is 11.3 Å².